The summed E-state index contributed by atoms with van der Waals surface area (Å²) in [6.45, 7) is 5.08. The van der Waals surface area contributed by atoms with Crippen LogP contribution in [-0.2, 0) is 6.54 Å². The van der Waals surface area contributed by atoms with Crippen LogP contribution in [0, 0.1) is 5.92 Å². The molecular weight excluding hydrogens is 322 g/mol. The number of ether oxygens (including phenoxy) is 2. The Morgan fingerprint density at radius 2 is 1.73 bits per heavy atom. The Labute approximate surface area is 160 Å². The van der Waals surface area contributed by atoms with Gasteiger partial charge in [-0.3, -0.25) is 0 Å². The highest BCUT2D eigenvalue weighted by molar-refractivity contribution is 5.42. The summed E-state index contributed by atoms with van der Waals surface area (Å²) in [6.07, 6.45) is 14.7. The van der Waals surface area contributed by atoms with Gasteiger partial charge in [-0.05, 0) is 49.4 Å². The summed E-state index contributed by atoms with van der Waals surface area (Å²) in [4.78, 5) is 0. The van der Waals surface area contributed by atoms with Gasteiger partial charge in [0, 0.05) is 6.54 Å². The van der Waals surface area contributed by atoms with Gasteiger partial charge in [0.15, 0.2) is 11.5 Å². The second-order valence-electron chi connectivity index (χ2n) is 7.74. The molecule has 0 saturated heterocycles. The Morgan fingerprint density at radius 1 is 0.962 bits per heavy atom. The first-order valence-electron chi connectivity index (χ1n) is 10.8. The van der Waals surface area contributed by atoms with Crippen molar-refractivity contribution in [1.29, 1.82) is 0 Å². The van der Waals surface area contributed by atoms with Crippen molar-refractivity contribution in [3.05, 3.63) is 23.8 Å². The van der Waals surface area contributed by atoms with Gasteiger partial charge in [-0.2, -0.15) is 0 Å². The molecule has 0 spiro atoms. The van der Waals surface area contributed by atoms with E-state index in [2.05, 4.69) is 30.4 Å². The van der Waals surface area contributed by atoms with E-state index in [1.807, 2.05) is 0 Å². The van der Waals surface area contributed by atoms with E-state index in [1.54, 1.807) is 7.11 Å². The summed E-state index contributed by atoms with van der Waals surface area (Å²) in [7, 11) is 1.73. The SMILES string of the molecule is CCCCCCCCOc1ccc(CNCC2CCCCC2)cc1OC. The van der Waals surface area contributed by atoms with Crippen LogP contribution in [0.25, 0.3) is 0 Å². The van der Waals surface area contributed by atoms with Crippen molar-refractivity contribution in [1.82, 2.24) is 5.32 Å². The summed E-state index contributed by atoms with van der Waals surface area (Å²) in [6, 6.07) is 6.34. The maximum atomic E-state index is 5.94. The number of hydrogen-bond donors (Lipinski definition) is 1. The minimum atomic E-state index is 0.780. The lowest BCUT2D eigenvalue weighted by Crippen LogP contribution is -2.24. The first-order chi connectivity index (χ1) is 12.8. The van der Waals surface area contributed by atoms with Crippen LogP contribution in [0.4, 0.5) is 0 Å². The fourth-order valence-electron chi connectivity index (χ4n) is 3.82. The average molecular weight is 362 g/mol. The number of unbranched alkanes of at least 4 members (excludes halogenated alkanes) is 5. The largest absolute Gasteiger partial charge is 0.493 e. The molecule has 1 N–H and O–H groups in total. The molecule has 1 aromatic rings. The molecule has 3 heteroatoms. The Kier molecular flexibility index (Phi) is 10.6. The van der Waals surface area contributed by atoms with Crippen molar-refractivity contribution in [2.24, 2.45) is 5.92 Å². The third kappa shape index (κ3) is 7.99. The highest BCUT2D eigenvalue weighted by Gasteiger charge is 2.13. The van der Waals surface area contributed by atoms with E-state index in [1.165, 1.54) is 69.8 Å². The van der Waals surface area contributed by atoms with Gasteiger partial charge >= 0.3 is 0 Å². The van der Waals surface area contributed by atoms with Crippen LogP contribution in [0.1, 0.15) is 83.1 Å². The standard InChI is InChI=1S/C23H39NO2/c1-3-4-5-6-7-11-16-26-22-15-14-21(17-23(22)25-2)19-24-18-20-12-9-8-10-13-20/h14-15,17,20,24H,3-13,16,18-19H2,1-2H3. The Morgan fingerprint density at radius 3 is 2.50 bits per heavy atom. The lowest BCUT2D eigenvalue weighted by Gasteiger charge is -2.22. The van der Waals surface area contributed by atoms with E-state index in [4.69, 9.17) is 9.47 Å². The molecule has 0 unspecified atom stereocenters. The minimum absolute atomic E-state index is 0.780. The van der Waals surface area contributed by atoms with Gasteiger partial charge in [-0.1, -0.05) is 64.4 Å². The smallest absolute Gasteiger partial charge is 0.161 e. The van der Waals surface area contributed by atoms with Crippen molar-refractivity contribution < 1.29 is 9.47 Å². The van der Waals surface area contributed by atoms with E-state index < -0.39 is 0 Å². The topological polar surface area (TPSA) is 30.5 Å². The van der Waals surface area contributed by atoms with Gasteiger partial charge in [0.2, 0.25) is 0 Å². The van der Waals surface area contributed by atoms with E-state index in [0.717, 1.165) is 43.5 Å². The molecule has 0 amide bonds. The van der Waals surface area contributed by atoms with Crippen LogP contribution in [0.15, 0.2) is 18.2 Å². The van der Waals surface area contributed by atoms with Crippen molar-refractivity contribution in [3.8, 4) is 11.5 Å². The lowest BCUT2D eigenvalue weighted by molar-refractivity contribution is 0.284. The molecule has 1 aliphatic carbocycles. The van der Waals surface area contributed by atoms with Gasteiger partial charge in [0.25, 0.3) is 0 Å². The van der Waals surface area contributed by atoms with Crippen molar-refractivity contribution in [2.45, 2.75) is 84.1 Å². The predicted molar refractivity (Wildman–Crippen MR) is 110 cm³/mol. The first kappa shape index (κ1) is 21.1. The molecule has 0 radical (unpaired) electrons. The second kappa shape index (κ2) is 13.0. The quantitative estimate of drug-likeness (QED) is 0.430. The molecule has 0 heterocycles. The molecule has 1 fully saturated rings. The molecule has 26 heavy (non-hydrogen) atoms. The fourth-order valence-corrected chi connectivity index (χ4v) is 3.82. The molecule has 0 atom stereocenters. The molecule has 0 aromatic heterocycles. The molecule has 1 saturated carbocycles. The third-order valence-corrected chi connectivity index (χ3v) is 5.47. The van der Waals surface area contributed by atoms with E-state index in [9.17, 15) is 0 Å². The fraction of sp³-hybridized carbons (Fsp3) is 0.739. The third-order valence-electron chi connectivity index (χ3n) is 5.47. The van der Waals surface area contributed by atoms with E-state index in [0.29, 0.717) is 0 Å². The van der Waals surface area contributed by atoms with Crippen LogP contribution in [0.5, 0.6) is 11.5 Å². The number of rotatable bonds is 13. The van der Waals surface area contributed by atoms with Gasteiger partial charge in [-0.15, -0.1) is 0 Å². The summed E-state index contributed by atoms with van der Waals surface area (Å²) in [5.74, 6) is 2.59. The highest BCUT2D eigenvalue weighted by Crippen LogP contribution is 2.28. The highest BCUT2D eigenvalue weighted by atomic mass is 16.5. The van der Waals surface area contributed by atoms with E-state index >= 15 is 0 Å². The number of methoxy groups -OCH3 is 1. The van der Waals surface area contributed by atoms with Gasteiger partial charge in [-0.25, -0.2) is 0 Å². The molecule has 1 aliphatic rings. The molecular formula is C23H39NO2. The monoisotopic (exact) mass is 361 g/mol. The predicted octanol–water partition coefficient (Wildman–Crippen LogP) is 6.10. The molecule has 148 valence electrons. The van der Waals surface area contributed by atoms with Crippen LogP contribution < -0.4 is 14.8 Å². The summed E-state index contributed by atoms with van der Waals surface area (Å²) < 4.78 is 11.5. The van der Waals surface area contributed by atoms with Crippen LogP contribution in [-0.4, -0.2) is 20.3 Å². The van der Waals surface area contributed by atoms with Crippen LogP contribution >= 0.6 is 0 Å². The maximum absolute atomic E-state index is 5.94. The number of nitrogens with one attached hydrogen (secondary N) is 1. The van der Waals surface area contributed by atoms with Gasteiger partial charge in [0.1, 0.15) is 0 Å². The first-order valence-corrected chi connectivity index (χ1v) is 10.8. The van der Waals surface area contributed by atoms with Crippen molar-refractivity contribution >= 4 is 0 Å². The minimum Gasteiger partial charge on any atom is -0.493 e. The zero-order chi connectivity index (χ0) is 18.5. The van der Waals surface area contributed by atoms with Crippen LogP contribution in [0.3, 0.4) is 0 Å². The summed E-state index contributed by atoms with van der Waals surface area (Å²) in [5, 5.41) is 3.62. The zero-order valence-corrected chi connectivity index (χ0v) is 17.0. The molecule has 3 nitrogen and oxygen atoms in total. The van der Waals surface area contributed by atoms with Gasteiger partial charge < -0.3 is 14.8 Å². The van der Waals surface area contributed by atoms with E-state index in [-0.39, 0.29) is 0 Å². The molecule has 1 aromatic carbocycles. The van der Waals surface area contributed by atoms with Crippen LogP contribution in [0.2, 0.25) is 0 Å². The van der Waals surface area contributed by atoms with Crippen molar-refractivity contribution in [2.75, 3.05) is 20.3 Å². The number of benzene rings is 1. The normalized spacial score (nSPS) is 15.2. The zero-order valence-electron chi connectivity index (χ0n) is 17.0. The maximum Gasteiger partial charge on any atom is 0.161 e. The van der Waals surface area contributed by atoms with Crippen molar-refractivity contribution in [3.63, 3.8) is 0 Å². The molecule has 0 aliphatic heterocycles. The average Bonchev–Trinajstić information content (AvgIpc) is 2.68. The Bertz CT molecular complexity index is 483. The molecule has 0 bridgehead atoms. The second-order valence-corrected chi connectivity index (χ2v) is 7.74. The summed E-state index contributed by atoms with van der Waals surface area (Å²) >= 11 is 0. The number of hydrogen-bond acceptors (Lipinski definition) is 3. The van der Waals surface area contributed by atoms with Gasteiger partial charge in [0.05, 0.1) is 13.7 Å². The Balaban J connectivity index is 1.68. The summed E-state index contributed by atoms with van der Waals surface area (Å²) in [5.41, 5.74) is 1.27. The molecule has 2 rings (SSSR count). The Hall–Kier alpha value is -1.22. The lowest BCUT2D eigenvalue weighted by atomic mass is 9.89.